The smallest absolute Gasteiger partial charge is 0.214 e. The molecule has 0 fully saturated rings. The van der Waals surface area contributed by atoms with Crippen molar-refractivity contribution in [3.05, 3.63) is 45.4 Å². The van der Waals surface area contributed by atoms with Crippen LogP contribution in [0, 0.1) is 4.77 Å². The number of aromatic amines is 1. The largest absolute Gasteiger partial charge is 0.318 e. The number of aryl methyl sites for hydroxylation is 1. The van der Waals surface area contributed by atoms with Crippen molar-refractivity contribution in [1.29, 1.82) is 0 Å². The quantitative estimate of drug-likeness (QED) is 0.827. The zero-order valence-electron chi connectivity index (χ0n) is 10.1. The fourth-order valence-electron chi connectivity index (χ4n) is 1.66. The topological polar surface area (TPSA) is 45.6 Å². The van der Waals surface area contributed by atoms with Crippen molar-refractivity contribution in [2.24, 2.45) is 0 Å². The van der Waals surface area contributed by atoms with Crippen LogP contribution in [0.5, 0.6) is 0 Å². The van der Waals surface area contributed by atoms with Gasteiger partial charge in [0.05, 0.1) is 6.54 Å². The number of halogens is 1. The number of H-pyrrole nitrogens is 1. The van der Waals surface area contributed by atoms with Gasteiger partial charge in [0.2, 0.25) is 4.77 Å². The van der Waals surface area contributed by atoms with Crippen LogP contribution in [0.2, 0.25) is 5.02 Å². The predicted molar refractivity (Wildman–Crippen MR) is 75.9 cm³/mol. The molecule has 0 amide bonds. The molecule has 2 aromatic rings. The van der Waals surface area contributed by atoms with Gasteiger partial charge in [0, 0.05) is 11.4 Å². The molecule has 0 aliphatic rings. The number of aromatic nitrogens is 3. The molecule has 4 nitrogen and oxygen atoms in total. The minimum Gasteiger partial charge on any atom is -0.318 e. The molecular weight excluding hydrogens is 268 g/mol. The van der Waals surface area contributed by atoms with Crippen LogP contribution in [0.4, 0.5) is 0 Å². The van der Waals surface area contributed by atoms with E-state index in [1.165, 1.54) is 0 Å². The first-order valence-corrected chi connectivity index (χ1v) is 6.64. The minimum absolute atomic E-state index is 0.590. The number of rotatable bonds is 5. The second kappa shape index (κ2) is 6.02. The number of hydrogen-bond acceptors (Lipinski definition) is 3. The second-order valence-corrected chi connectivity index (χ2v) is 4.81. The highest BCUT2D eigenvalue weighted by Gasteiger charge is 2.04. The van der Waals surface area contributed by atoms with E-state index in [4.69, 9.17) is 23.8 Å². The summed E-state index contributed by atoms with van der Waals surface area (Å²) in [5.41, 5.74) is 4.40. The lowest BCUT2D eigenvalue weighted by atomic mass is 10.2. The molecule has 0 aliphatic carbocycles. The van der Waals surface area contributed by atoms with Crippen molar-refractivity contribution in [2.75, 3.05) is 5.43 Å². The van der Waals surface area contributed by atoms with Gasteiger partial charge in [0.15, 0.2) is 5.82 Å². The number of benzene rings is 1. The monoisotopic (exact) mass is 282 g/mol. The molecule has 0 bridgehead atoms. The molecule has 2 N–H and O–H groups in total. The van der Waals surface area contributed by atoms with Crippen LogP contribution < -0.4 is 5.43 Å². The van der Waals surface area contributed by atoms with Crippen LogP contribution in [0.25, 0.3) is 0 Å². The lowest BCUT2D eigenvalue weighted by molar-refractivity contribution is 0.731. The van der Waals surface area contributed by atoms with Crippen LogP contribution in [0.1, 0.15) is 24.7 Å². The molecule has 18 heavy (non-hydrogen) atoms. The van der Waals surface area contributed by atoms with Crippen LogP contribution in [0.3, 0.4) is 0 Å². The fourth-order valence-corrected chi connectivity index (χ4v) is 2.00. The van der Waals surface area contributed by atoms with Crippen molar-refractivity contribution >= 4 is 23.8 Å². The molecule has 0 unspecified atom stereocenters. The highest BCUT2D eigenvalue weighted by Crippen LogP contribution is 2.09. The van der Waals surface area contributed by atoms with Crippen LogP contribution in [0.15, 0.2) is 24.3 Å². The second-order valence-electron chi connectivity index (χ2n) is 3.99. The van der Waals surface area contributed by atoms with Crippen LogP contribution in [-0.2, 0) is 13.0 Å². The Kier molecular flexibility index (Phi) is 4.38. The van der Waals surface area contributed by atoms with Gasteiger partial charge < -0.3 is 5.43 Å². The fraction of sp³-hybridized carbons (Fsp3) is 0.333. The summed E-state index contributed by atoms with van der Waals surface area (Å²) in [6, 6.07) is 7.72. The molecule has 0 radical (unpaired) electrons. The standard InChI is InChI=1S/C12H15ClN4S/c1-2-3-11-15-16-12(18)17(11)14-8-9-4-6-10(13)7-5-9/h4-7,14H,2-3,8H2,1H3,(H,16,18). The summed E-state index contributed by atoms with van der Waals surface area (Å²) >= 11 is 11.0. The molecule has 1 aromatic carbocycles. The van der Waals surface area contributed by atoms with E-state index < -0.39 is 0 Å². The number of nitrogens with one attached hydrogen (secondary N) is 2. The molecule has 1 aromatic heterocycles. The zero-order valence-corrected chi connectivity index (χ0v) is 11.7. The average Bonchev–Trinajstić information content (AvgIpc) is 2.71. The summed E-state index contributed by atoms with van der Waals surface area (Å²) in [6.07, 6.45) is 1.92. The van der Waals surface area contributed by atoms with Crippen molar-refractivity contribution in [2.45, 2.75) is 26.3 Å². The average molecular weight is 283 g/mol. The summed E-state index contributed by atoms with van der Waals surface area (Å²) < 4.78 is 2.42. The SMILES string of the molecule is CCCc1n[nH]c(=S)n1NCc1ccc(Cl)cc1. The first kappa shape index (κ1) is 13.1. The summed E-state index contributed by atoms with van der Waals surface area (Å²) in [5, 5.41) is 7.73. The maximum absolute atomic E-state index is 5.85. The van der Waals surface area contributed by atoms with Crippen molar-refractivity contribution in [3.8, 4) is 0 Å². The number of nitrogens with zero attached hydrogens (tertiary/aromatic N) is 2. The Morgan fingerprint density at radius 1 is 1.39 bits per heavy atom. The molecule has 6 heteroatoms. The van der Waals surface area contributed by atoms with Gasteiger partial charge in [-0.15, -0.1) is 0 Å². The highest BCUT2D eigenvalue weighted by molar-refractivity contribution is 7.71. The predicted octanol–water partition coefficient (Wildman–Crippen LogP) is 3.29. The van der Waals surface area contributed by atoms with E-state index in [0.717, 1.165) is 29.3 Å². The first-order valence-electron chi connectivity index (χ1n) is 5.85. The Morgan fingerprint density at radius 2 is 2.11 bits per heavy atom. The van der Waals surface area contributed by atoms with E-state index >= 15 is 0 Å². The Labute approximate surface area is 116 Å². The van der Waals surface area contributed by atoms with E-state index in [-0.39, 0.29) is 0 Å². The van der Waals surface area contributed by atoms with Crippen molar-refractivity contribution in [1.82, 2.24) is 14.9 Å². The molecule has 0 saturated carbocycles. The third-order valence-corrected chi connectivity index (χ3v) is 3.10. The maximum Gasteiger partial charge on any atom is 0.214 e. The summed E-state index contributed by atoms with van der Waals surface area (Å²) in [7, 11) is 0. The lowest BCUT2D eigenvalue weighted by Crippen LogP contribution is -2.17. The van der Waals surface area contributed by atoms with Gasteiger partial charge in [0.25, 0.3) is 0 Å². The van der Waals surface area contributed by atoms with Crippen molar-refractivity contribution in [3.63, 3.8) is 0 Å². The van der Waals surface area contributed by atoms with Gasteiger partial charge in [-0.2, -0.15) is 5.10 Å². The van der Waals surface area contributed by atoms with Crippen molar-refractivity contribution < 1.29 is 0 Å². The molecule has 0 atom stereocenters. The minimum atomic E-state index is 0.590. The first-order chi connectivity index (χ1) is 8.70. The van der Waals surface area contributed by atoms with E-state index in [1.807, 2.05) is 28.9 Å². The molecule has 0 aliphatic heterocycles. The Morgan fingerprint density at radius 3 is 2.78 bits per heavy atom. The van der Waals surface area contributed by atoms with Crippen LogP contribution >= 0.6 is 23.8 Å². The van der Waals surface area contributed by atoms with Gasteiger partial charge in [-0.05, 0) is 36.3 Å². The van der Waals surface area contributed by atoms with Gasteiger partial charge in [-0.1, -0.05) is 30.7 Å². The lowest BCUT2D eigenvalue weighted by Gasteiger charge is -2.09. The van der Waals surface area contributed by atoms with Gasteiger partial charge in [-0.3, -0.25) is 5.10 Å². The van der Waals surface area contributed by atoms with E-state index in [1.54, 1.807) is 0 Å². The van der Waals surface area contributed by atoms with E-state index in [2.05, 4.69) is 22.5 Å². The summed E-state index contributed by atoms with van der Waals surface area (Å²) in [4.78, 5) is 0. The molecule has 0 saturated heterocycles. The molecule has 96 valence electrons. The summed E-state index contributed by atoms with van der Waals surface area (Å²) in [6.45, 7) is 2.79. The Hall–Kier alpha value is -1.33. The van der Waals surface area contributed by atoms with Gasteiger partial charge >= 0.3 is 0 Å². The normalized spacial score (nSPS) is 10.6. The van der Waals surface area contributed by atoms with Gasteiger partial charge in [-0.25, -0.2) is 4.68 Å². The highest BCUT2D eigenvalue weighted by atomic mass is 35.5. The van der Waals surface area contributed by atoms with Gasteiger partial charge in [0.1, 0.15) is 0 Å². The molecule has 0 spiro atoms. The maximum atomic E-state index is 5.85. The molecule has 1 heterocycles. The Balaban J connectivity index is 2.07. The van der Waals surface area contributed by atoms with Crippen LogP contribution in [-0.4, -0.2) is 14.9 Å². The van der Waals surface area contributed by atoms with E-state index in [9.17, 15) is 0 Å². The van der Waals surface area contributed by atoms with E-state index in [0.29, 0.717) is 11.3 Å². The number of hydrogen-bond donors (Lipinski definition) is 2. The summed E-state index contributed by atoms with van der Waals surface area (Å²) in [5.74, 6) is 0.927. The third-order valence-electron chi connectivity index (χ3n) is 2.57. The molecule has 2 rings (SSSR count). The third kappa shape index (κ3) is 3.11. The molecular formula is C12H15ClN4S. The zero-order chi connectivity index (χ0) is 13.0. The Bertz CT molecular complexity index is 558.